The minimum atomic E-state index is -3.82. The summed E-state index contributed by atoms with van der Waals surface area (Å²) < 4.78 is 44.4. The lowest BCUT2D eigenvalue weighted by Crippen LogP contribution is -2.48. The maximum Gasteiger partial charge on any atom is 0.243 e. The Kier molecular flexibility index (Phi) is 7.36. The van der Waals surface area contributed by atoms with E-state index in [1.54, 1.807) is 0 Å². The molecule has 1 amide bonds. The molecule has 0 saturated carbocycles. The van der Waals surface area contributed by atoms with E-state index in [1.165, 1.54) is 31.2 Å². The summed E-state index contributed by atoms with van der Waals surface area (Å²) in [4.78, 5) is 14.6. The van der Waals surface area contributed by atoms with Gasteiger partial charge in [0.25, 0.3) is 0 Å². The van der Waals surface area contributed by atoms with Crippen LogP contribution in [-0.4, -0.2) is 70.9 Å². The van der Waals surface area contributed by atoms with Crippen LogP contribution in [-0.2, 0) is 19.6 Å². The Bertz CT molecular complexity index is 708. The molecule has 9 heteroatoms. The van der Waals surface area contributed by atoms with Crippen molar-refractivity contribution in [2.24, 2.45) is 0 Å². The molecule has 0 spiro atoms. The first-order valence-corrected chi connectivity index (χ1v) is 10.5. The molecule has 1 N–H and O–H groups in total. The normalized spacial score (nSPS) is 16.9. The maximum atomic E-state index is 14.1. The molecular weight excluding hydrogens is 361 g/mol. The summed E-state index contributed by atoms with van der Waals surface area (Å²) in [5.41, 5.74) is -0.133. The third kappa shape index (κ3) is 5.65. The predicted molar refractivity (Wildman–Crippen MR) is 98.1 cm³/mol. The molecule has 0 bridgehead atoms. The van der Waals surface area contributed by atoms with Gasteiger partial charge in [0.1, 0.15) is 11.9 Å². The molecule has 1 saturated heterocycles. The highest BCUT2D eigenvalue weighted by molar-refractivity contribution is 7.92. The van der Waals surface area contributed by atoms with E-state index in [0.717, 1.165) is 49.8 Å². The van der Waals surface area contributed by atoms with Gasteiger partial charge in [-0.2, -0.15) is 0 Å². The van der Waals surface area contributed by atoms with Crippen molar-refractivity contribution in [1.82, 2.24) is 10.2 Å². The van der Waals surface area contributed by atoms with Crippen LogP contribution in [0.4, 0.5) is 10.1 Å². The van der Waals surface area contributed by atoms with Gasteiger partial charge in [-0.25, -0.2) is 12.8 Å². The maximum absolute atomic E-state index is 14.1. The molecule has 1 fully saturated rings. The van der Waals surface area contributed by atoms with Crippen molar-refractivity contribution < 1.29 is 22.3 Å². The lowest BCUT2D eigenvalue weighted by atomic mass is 10.2. The van der Waals surface area contributed by atoms with Gasteiger partial charge in [-0.1, -0.05) is 12.1 Å². The Labute approximate surface area is 154 Å². The first-order chi connectivity index (χ1) is 12.3. The minimum Gasteiger partial charge on any atom is -0.379 e. The Morgan fingerprint density at radius 2 is 2.00 bits per heavy atom. The van der Waals surface area contributed by atoms with Gasteiger partial charge in [-0.3, -0.25) is 14.0 Å². The number of nitrogens with one attached hydrogen (secondary N) is 1. The van der Waals surface area contributed by atoms with Crippen LogP contribution in [0.25, 0.3) is 0 Å². The molecule has 0 aromatic heterocycles. The summed E-state index contributed by atoms with van der Waals surface area (Å²) in [6, 6.07) is 4.46. The van der Waals surface area contributed by atoms with Crippen LogP contribution in [0.1, 0.15) is 13.3 Å². The molecule has 1 unspecified atom stereocenters. The van der Waals surface area contributed by atoms with Crippen molar-refractivity contribution in [2.45, 2.75) is 19.4 Å². The van der Waals surface area contributed by atoms with Crippen LogP contribution < -0.4 is 9.62 Å². The molecule has 146 valence electrons. The molecule has 1 aliphatic rings. The van der Waals surface area contributed by atoms with Crippen molar-refractivity contribution in [3.63, 3.8) is 0 Å². The number of halogens is 1. The Morgan fingerprint density at radius 3 is 2.62 bits per heavy atom. The molecule has 1 heterocycles. The second-order valence-electron chi connectivity index (χ2n) is 6.28. The third-order valence-electron chi connectivity index (χ3n) is 4.23. The average Bonchev–Trinajstić information content (AvgIpc) is 2.60. The number of nitrogens with zero attached hydrogens (tertiary/aromatic N) is 2. The van der Waals surface area contributed by atoms with Crippen molar-refractivity contribution >= 4 is 21.6 Å². The number of carbonyl (C=O) groups is 1. The highest BCUT2D eigenvalue weighted by Crippen LogP contribution is 2.23. The van der Waals surface area contributed by atoms with Gasteiger partial charge in [-0.05, 0) is 32.0 Å². The quantitative estimate of drug-likeness (QED) is 0.668. The molecule has 26 heavy (non-hydrogen) atoms. The fourth-order valence-electron chi connectivity index (χ4n) is 2.90. The van der Waals surface area contributed by atoms with Crippen molar-refractivity contribution in [1.29, 1.82) is 0 Å². The van der Waals surface area contributed by atoms with Crippen molar-refractivity contribution in [3.05, 3.63) is 30.1 Å². The van der Waals surface area contributed by atoms with E-state index in [0.29, 0.717) is 6.54 Å². The number of benzene rings is 1. The summed E-state index contributed by atoms with van der Waals surface area (Å²) >= 11 is 0. The number of sulfonamides is 1. The standard InChI is InChI=1S/C17H26FN3O4S/c1-14(17(22)19-8-5-9-20-10-12-25-13-11-20)21(26(2,23)24)16-7-4-3-6-15(16)18/h3-4,6-7,14H,5,8-13H2,1-2H3,(H,19,22). The first kappa shape index (κ1) is 20.6. The number of hydrogen-bond acceptors (Lipinski definition) is 5. The summed E-state index contributed by atoms with van der Waals surface area (Å²) in [5.74, 6) is -1.15. The zero-order chi connectivity index (χ0) is 19.2. The molecular formula is C17H26FN3O4S. The molecule has 1 atom stereocenters. The van der Waals surface area contributed by atoms with E-state index in [2.05, 4.69) is 10.2 Å². The molecule has 0 radical (unpaired) electrons. The zero-order valence-corrected chi connectivity index (χ0v) is 16.0. The Balaban J connectivity index is 1.94. The monoisotopic (exact) mass is 387 g/mol. The SMILES string of the molecule is CC(C(=O)NCCCN1CCOCC1)N(c1ccccc1F)S(C)(=O)=O. The number of morpholine rings is 1. The summed E-state index contributed by atoms with van der Waals surface area (Å²) in [6.45, 7) is 5.89. The van der Waals surface area contributed by atoms with Crippen LogP contribution in [0.3, 0.4) is 0 Å². The van der Waals surface area contributed by atoms with Crippen molar-refractivity contribution in [2.75, 3.05) is 50.0 Å². The third-order valence-corrected chi connectivity index (χ3v) is 5.46. The number of ether oxygens (including phenoxy) is 1. The zero-order valence-electron chi connectivity index (χ0n) is 15.2. The highest BCUT2D eigenvalue weighted by atomic mass is 32.2. The minimum absolute atomic E-state index is 0.133. The van der Waals surface area contributed by atoms with E-state index in [4.69, 9.17) is 4.74 Å². The molecule has 0 aliphatic carbocycles. The summed E-state index contributed by atoms with van der Waals surface area (Å²) in [5, 5.41) is 2.74. The van der Waals surface area contributed by atoms with E-state index in [-0.39, 0.29) is 5.69 Å². The van der Waals surface area contributed by atoms with Gasteiger partial charge in [0.15, 0.2) is 0 Å². The second kappa shape index (κ2) is 9.29. The fourth-order valence-corrected chi connectivity index (χ4v) is 4.07. The number of para-hydroxylation sites is 1. The fraction of sp³-hybridized carbons (Fsp3) is 0.588. The number of hydrogen-bond donors (Lipinski definition) is 1. The van der Waals surface area contributed by atoms with Crippen LogP contribution in [0.2, 0.25) is 0 Å². The molecule has 1 aliphatic heterocycles. The summed E-state index contributed by atoms with van der Waals surface area (Å²) in [7, 11) is -3.82. The van der Waals surface area contributed by atoms with Gasteiger partial charge >= 0.3 is 0 Å². The lowest BCUT2D eigenvalue weighted by molar-refractivity contribution is -0.121. The predicted octanol–water partition coefficient (Wildman–Crippen LogP) is 0.819. The van der Waals surface area contributed by atoms with Gasteiger partial charge in [-0.15, -0.1) is 0 Å². The number of rotatable bonds is 8. The highest BCUT2D eigenvalue weighted by Gasteiger charge is 2.30. The van der Waals surface area contributed by atoms with Crippen LogP contribution in [0.5, 0.6) is 0 Å². The van der Waals surface area contributed by atoms with Gasteiger partial charge < -0.3 is 10.1 Å². The molecule has 1 aromatic rings. The van der Waals surface area contributed by atoms with E-state index < -0.39 is 27.8 Å². The topological polar surface area (TPSA) is 79.0 Å². The number of carbonyl (C=O) groups excluding carboxylic acids is 1. The summed E-state index contributed by atoms with van der Waals surface area (Å²) in [6.07, 6.45) is 1.71. The average molecular weight is 387 g/mol. The molecule has 7 nitrogen and oxygen atoms in total. The van der Waals surface area contributed by atoms with E-state index in [9.17, 15) is 17.6 Å². The van der Waals surface area contributed by atoms with Gasteiger partial charge in [0.2, 0.25) is 15.9 Å². The largest absolute Gasteiger partial charge is 0.379 e. The van der Waals surface area contributed by atoms with Crippen LogP contribution in [0.15, 0.2) is 24.3 Å². The van der Waals surface area contributed by atoms with Crippen LogP contribution in [0, 0.1) is 5.82 Å². The molecule has 2 rings (SSSR count). The lowest BCUT2D eigenvalue weighted by Gasteiger charge is -2.29. The first-order valence-electron chi connectivity index (χ1n) is 8.62. The van der Waals surface area contributed by atoms with Gasteiger partial charge in [0.05, 0.1) is 25.2 Å². The number of amides is 1. The smallest absolute Gasteiger partial charge is 0.243 e. The number of anilines is 1. The molecule has 1 aromatic carbocycles. The van der Waals surface area contributed by atoms with Crippen molar-refractivity contribution in [3.8, 4) is 0 Å². The van der Waals surface area contributed by atoms with E-state index >= 15 is 0 Å². The van der Waals surface area contributed by atoms with Gasteiger partial charge in [0, 0.05) is 19.6 Å². The van der Waals surface area contributed by atoms with Crippen LogP contribution >= 0.6 is 0 Å². The second-order valence-corrected chi connectivity index (χ2v) is 8.14. The Hall–Kier alpha value is -1.71. The van der Waals surface area contributed by atoms with E-state index in [1.807, 2.05) is 0 Å². The Morgan fingerprint density at radius 1 is 1.35 bits per heavy atom.